The van der Waals surface area contributed by atoms with E-state index in [0.29, 0.717) is 13.0 Å². The number of likely N-dealkylation sites (N-methyl/N-ethyl adjacent to an activating group) is 1. The van der Waals surface area contributed by atoms with Gasteiger partial charge < -0.3 is 16.0 Å². The summed E-state index contributed by atoms with van der Waals surface area (Å²) in [5, 5.41) is 2.99. The Hall–Kier alpha value is -1.39. The van der Waals surface area contributed by atoms with E-state index in [-0.39, 0.29) is 18.0 Å². The Bertz CT molecular complexity index is 392. The van der Waals surface area contributed by atoms with Gasteiger partial charge in [-0.2, -0.15) is 0 Å². The first-order chi connectivity index (χ1) is 9.54. The fourth-order valence-corrected chi connectivity index (χ4v) is 2.27. The second kappa shape index (κ2) is 8.72. The standard InChI is InChI=1S/C16H27N3O/c1-4-8-14(17)11-16(20)18-12-15(19(2)3)13-9-6-5-7-10-13/h5-7,9-10,14-15H,4,8,11-12,17H2,1-3H3,(H,18,20). The lowest BCUT2D eigenvalue weighted by atomic mass is 10.1. The molecule has 2 unspecified atom stereocenters. The van der Waals surface area contributed by atoms with Gasteiger partial charge in [0.25, 0.3) is 0 Å². The van der Waals surface area contributed by atoms with E-state index >= 15 is 0 Å². The number of hydrogen-bond donors (Lipinski definition) is 2. The van der Waals surface area contributed by atoms with Crippen LogP contribution in [0.15, 0.2) is 30.3 Å². The van der Waals surface area contributed by atoms with E-state index in [0.717, 1.165) is 12.8 Å². The quantitative estimate of drug-likeness (QED) is 0.763. The Balaban J connectivity index is 2.50. The fourth-order valence-electron chi connectivity index (χ4n) is 2.27. The van der Waals surface area contributed by atoms with Crippen molar-refractivity contribution in [1.82, 2.24) is 10.2 Å². The minimum Gasteiger partial charge on any atom is -0.354 e. The van der Waals surface area contributed by atoms with Gasteiger partial charge in [-0.05, 0) is 26.1 Å². The highest BCUT2D eigenvalue weighted by Gasteiger charge is 2.15. The molecule has 0 fully saturated rings. The molecule has 0 saturated heterocycles. The predicted octanol–water partition coefficient (Wildman–Crippen LogP) is 1.92. The van der Waals surface area contributed by atoms with Crippen LogP contribution >= 0.6 is 0 Å². The van der Waals surface area contributed by atoms with Crippen LogP contribution in [-0.4, -0.2) is 37.5 Å². The highest BCUT2D eigenvalue weighted by atomic mass is 16.1. The molecule has 3 N–H and O–H groups in total. The van der Waals surface area contributed by atoms with E-state index < -0.39 is 0 Å². The van der Waals surface area contributed by atoms with Gasteiger partial charge in [-0.15, -0.1) is 0 Å². The lowest BCUT2D eigenvalue weighted by Gasteiger charge is -2.25. The third kappa shape index (κ3) is 5.72. The normalized spacial score (nSPS) is 14.1. The van der Waals surface area contributed by atoms with Crippen LogP contribution in [0.1, 0.15) is 37.8 Å². The van der Waals surface area contributed by atoms with E-state index in [1.165, 1.54) is 5.56 Å². The van der Waals surface area contributed by atoms with Gasteiger partial charge >= 0.3 is 0 Å². The molecule has 0 bridgehead atoms. The minimum atomic E-state index is -0.0328. The van der Waals surface area contributed by atoms with E-state index in [1.807, 2.05) is 32.3 Å². The maximum Gasteiger partial charge on any atom is 0.221 e. The molecule has 20 heavy (non-hydrogen) atoms. The second-order valence-electron chi connectivity index (χ2n) is 5.45. The molecule has 1 rings (SSSR count). The van der Waals surface area contributed by atoms with Gasteiger partial charge in [-0.1, -0.05) is 43.7 Å². The van der Waals surface area contributed by atoms with Gasteiger partial charge in [0, 0.05) is 19.0 Å². The summed E-state index contributed by atoms with van der Waals surface area (Å²) >= 11 is 0. The molecule has 1 aromatic rings. The van der Waals surface area contributed by atoms with Crippen LogP contribution in [0.4, 0.5) is 0 Å². The monoisotopic (exact) mass is 277 g/mol. The second-order valence-corrected chi connectivity index (χ2v) is 5.45. The van der Waals surface area contributed by atoms with Crippen LogP contribution in [0, 0.1) is 0 Å². The zero-order chi connectivity index (χ0) is 15.0. The molecule has 0 aromatic heterocycles. The summed E-state index contributed by atoms with van der Waals surface area (Å²) in [6.07, 6.45) is 2.31. The average Bonchev–Trinajstić information content (AvgIpc) is 2.40. The molecular formula is C16H27N3O. The Morgan fingerprint density at radius 1 is 1.30 bits per heavy atom. The molecule has 0 saturated carbocycles. The Labute approximate surface area is 122 Å². The van der Waals surface area contributed by atoms with Crippen LogP contribution in [0.2, 0.25) is 0 Å². The van der Waals surface area contributed by atoms with Crippen molar-refractivity contribution in [2.45, 2.75) is 38.3 Å². The largest absolute Gasteiger partial charge is 0.354 e. The van der Waals surface area contributed by atoms with Crippen molar-refractivity contribution in [3.05, 3.63) is 35.9 Å². The number of nitrogens with two attached hydrogens (primary N) is 1. The van der Waals surface area contributed by atoms with Crippen LogP contribution in [0.3, 0.4) is 0 Å². The topological polar surface area (TPSA) is 58.4 Å². The predicted molar refractivity (Wildman–Crippen MR) is 83.4 cm³/mol. The minimum absolute atomic E-state index is 0.0328. The van der Waals surface area contributed by atoms with E-state index in [9.17, 15) is 4.79 Å². The summed E-state index contributed by atoms with van der Waals surface area (Å²) in [5.41, 5.74) is 7.10. The fraction of sp³-hybridized carbons (Fsp3) is 0.562. The highest BCUT2D eigenvalue weighted by molar-refractivity contribution is 5.76. The van der Waals surface area contributed by atoms with Crippen LogP contribution in [0.25, 0.3) is 0 Å². The van der Waals surface area contributed by atoms with Crippen molar-refractivity contribution in [3.63, 3.8) is 0 Å². The Kier molecular flexibility index (Phi) is 7.26. The van der Waals surface area contributed by atoms with Gasteiger partial charge in [-0.3, -0.25) is 4.79 Å². The summed E-state index contributed by atoms with van der Waals surface area (Å²) in [4.78, 5) is 14.0. The molecule has 0 spiro atoms. The molecule has 1 amide bonds. The number of benzene rings is 1. The van der Waals surface area contributed by atoms with Crippen molar-refractivity contribution in [2.24, 2.45) is 5.73 Å². The molecule has 1 aromatic carbocycles. The van der Waals surface area contributed by atoms with Crippen LogP contribution in [-0.2, 0) is 4.79 Å². The summed E-state index contributed by atoms with van der Waals surface area (Å²) in [7, 11) is 4.04. The lowest BCUT2D eigenvalue weighted by Crippen LogP contribution is -2.37. The number of rotatable bonds is 8. The maximum atomic E-state index is 11.9. The van der Waals surface area contributed by atoms with E-state index in [1.54, 1.807) is 0 Å². The number of amides is 1. The molecule has 0 aliphatic rings. The number of carbonyl (C=O) groups excluding carboxylic acids is 1. The first-order valence-corrected chi connectivity index (χ1v) is 7.28. The summed E-state index contributed by atoms with van der Waals surface area (Å²) in [6, 6.07) is 10.4. The Morgan fingerprint density at radius 2 is 1.95 bits per heavy atom. The Morgan fingerprint density at radius 3 is 2.50 bits per heavy atom. The van der Waals surface area contributed by atoms with Gasteiger partial charge in [0.15, 0.2) is 0 Å². The molecule has 4 nitrogen and oxygen atoms in total. The first kappa shape index (κ1) is 16.7. The maximum absolute atomic E-state index is 11.9. The molecule has 0 aliphatic carbocycles. The van der Waals surface area contributed by atoms with Crippen molar-refractivity contribution in [1.29, 1.82) is 0 Å². The van der Waals surface area contributed by atoms with E-state index in [4.69, 9.17) is 5.73 Å². The van der Waals surface area contributed by atoms with Gasteiger partial charge in [0.2, 0.25) is 5.91 Å². The summed E-state index contributed by atoms with van der Waals surface area (Å²) in [5.74, 6) is 0.0359. The molecule has 0 aliphatic heterocycles. The SMILES string of the molecule is CCCC(N)CC(=O)NCC(c1ccccc1)N(C)C. The van der Waals surface area contributed by atoms with Crippen molar-refractivity contribution in [2.75, 3.05) is 20.6 Å². The molecule has 0 radical (unpaired) electrons. The average molecular weight is 277 g/mol. The van der Waals surface area contributed by atoms with Crippen molar-refractivity contribution < 1.29 is 4.79 Å². The van der Waals surface area contributed by atoms with Crippen molar-refractivity contribution in [3.8, 4) is 0 Å². The van der Waals surface area contributed by atoms with Gasteiger partial charge in [0.1, 0.15) is 0 Å². The third-order valence-electron chi connectivity index (χ3n) is 3.41. The summed E-state index contributed by atoms with van der Waals surface area (Å²) in [6.45, 7) is 2.68. The highest BCUT2D eigenvalue weighted by Crippen LogP contribution is 2.16. The van der Waals surface area contributed by atoms with Crippen LogP contribution in [0.5, 0.6) is 0 Å². The molecule has 4 heteroatoms. The number of hydrogen-bond acceptors (Lipinski definition) is 3. The summed E-state index contributed by atoms with van der Waals surface area (Å²) < 4.78 is 0. The molecule has 112 valence electrons. The van der Waals surface area contributed by atoms with E-state index in [2.05, 4.69) is 29.3 Å². The molecule has 0 heterocycles. The van der Waals surface area contributed by atoms with Gasteiger partial charge in [-0.25, -0.2) is 0 Å². The number of nitrogens with zero attached hydrogens (tertiary/aromatic N) is 1. The zero-order valence-corrected chi connectivity index (χ0v) is 12.8. The lowest BCUT2D eigenvalue weighted by molar-refractivity contribution is -0.121. The number of carbonyl (C=O) groups is 1. The van der Waals surface area contributed by atoms with Gasteiger partial charge in [0.05, 0.1) is 6.04 Å². The van der Waals surface area contributed by atoms with Crippen LogP contribution < -0.4 is 11.1 Å². The third-order valence-corrected chi connectivity index (χ3v) is 3.41. The van der Waals surface area contributed by atoms with Crippen molar-refractivity contribution >= 4 is 5.91 Å². The molecular weight excluding hydrogens is 250 g/mol. The zero-order valence-electron chi connectivity index (χ0n) is 12.8. The first-order valence-electron chi connectivity index (χ1n) is 7.28. The molecule has 2 atom stereocenters. The number of nitrogens with one attached hydrogen (secondary N) is 1. The smallest absolute Gasteiger partial charge is 0.221 e.